The second-order valence-electron chi connectivity index (χ2n) is 9.72. The van der Waals surface area contributed by atoms with Gasteiger partial charge in [-0.2, -0.15) is 0 Å². The smallest absolute Gasteiger partial charge is 0.251 e. The molecule has 6 heteroatoms. The number of amides is 2. The normalized spacial score (nSPS) is 14.4. The van der Waals surface area contributed by atoms with Gasteiger partial charge in [0.2, 0.25) is 5.91 Å². The number of aryl methyl sites for hydroxylation is 2. The van der Waals surface area contributed by atoms with Crippen molar-refractivity contribution >= 4 is 29.3 Å². The third-order valence-corrected chi connectivity index (χ3v) is 7.67. The molecule has 3 aromatic rings. The molecule has 1 aliphatic rings. The minimum Gasteiger partial charge on any atom is -0.352 e. The van der Waals surface area contributed by atoms with Crippen LogP contribution in [0.1, 0.15) is 46.8 Å². The van der Waals surface area contributed by atoms with Crippen molar-refractivity contribution in [3.05, 3.63) is 89.0 Å². The third kappa shape index (κ3) is 7.45. The molecule has 3 aromatic carbocycles. The SMILES string of the molecule is CC(=O)Nc1cc(C(=O)NCC2CCN(Cc3ccc(C)cc3)CC2)ccc1Sc1ccc(C)cc1. The summed E-state index contributed by atoms with van der Waals surface area (Å²) < 4.78 is 0. The van der Waals surface area contributed by atoms with Crippen molar-refractivity contribution in [3.63, 3.8) is 0 Å². The van der Waals surface area contributed by atoms with E-state index in [-0.39, 0.29) is 11.8 Å². The van der Waals surface area contributed by atoms with Crippen LogP contribution in [0.25, 0.3) is 0 Å². The van der Waals surface area contributed by atoms with E-state index in [0.717, 1.165) is 42.3 Å². The first-order valence-electron chi connectivity index (χ1n) is 12.6. The van der Waals surface area contributed by atoms with E-state index in [1.54, 1.807) is 17.8 Å². The van der Waals surface area contributed by atoms with Gasteiger partial charge in [0.25, 0.3) is 5.91 Å². The zero-order chi connectivity index (χ0) is 25.5. The predicted molar refractivity (Wildman–Crippen MR) is 148 cm³/mol. The molecular formula is C30H35N3O2S. The molecule has 0 aliphatic carbocycles. The van der Waals surface area contributed by atoms with Crippen molar-refractivity contribution < 1.29 is 9.59 Å². The molecule has 0 unspecified atom stereocenters. The van der Waals surface area contributed by atoms with Crippen LogP contribution >= 0.6 is 11.8 Å². The van der Waals surface area contributed by atoms with Crippen LogP contribution in [0.15, 0.2) is 76.5 Å². The first-order valence-corrected chi connectivity index (χ1v) is 13.4. The molecule has 0 saturated carbocycles. The van der Waals surface area contributed by atoms with Crippen LogP contribution in [0.5, 0.6) is 0 Å². The summed E-state index contributed by atoms with van der Waals surface area (Å²) >= 11 is 1.57. The fraction of sp³-hybridized carbons (Fsp3) is 0.333. The second kappa shape index (κ2) is 12.2. The lowest BCUT2D eigenvalue weighted by atomic mass is 9.96. The molecule has 1 aliphatic heterocycles. The lowest BCUT2D eigenvalue weighted by molar-refractivity contribution is -0.114. The zero-order valence-corrected chi connectivity index (χ0v) is 22.2. The van der Waals surface area contributed by atoms with Gasteiger partial charge >= 0.3 is 0 Å². The molecule has 0 spiro atoms. The molecule has 0 bridgehead atoms. The monoisotopic (exact) mass is 501 g/mol. The summed E-state index contributed by atoms with van der Waals surface area (Å²) in [6.45, 7) is 9.41. The molecule has 2 amide bonds. The van der Waals surface area contributed by atoms with Gasteiger partial charge in [0.1, 0.15) is 0 Å². The number of benzene rings is 3. The molecule has 36 heavy (non-hydrogen) atoms. The van der Waals surface area contributed by atoms with E-state index < -0.39 is 0 Å². The fourth-order valence-electron chi connectivity index (χ4n) is 4.42. The first kappa shape index (κ1) is 26.0. The number of rotatable bonds is 8. The molecular weight excluding hydrogens is 466 g/mol. The van der Waals surface area contributed by atoms with E-state index in [2.05, 4.69) is 77.9 Å². The molecule has 1 heterocycles. The van der Waals surface area contributed by atoms with Crippen molar-refractivity contribution in [2.24, 2.45) is 5.92 Å². The lowest BCUT2D eigenvalue weighted by Crippen LogP contribution is -2.38. The van der Waals surface area contributed by atoms with Crippen LogP contribution < -0.4 is 10.6 Å². The Kier molecular flexibility index (Phi) is 8.83. The van der Waals surface area contributed by atoms with E-state index >= 15 is 0 Å². The second-order valence-corrected chi connectivity index (χ2v) is 10.8. The molecule has 4 rings (SSSR count). The largest absolute Gasteiger partial charge is 0.352 e. The van der Waals surface area contributed by atoms with Gasteiger partial charge in [0.05, 0.1) is 5.69 Å². The first-order chi connectivity index (χ1) is 17.4. The molecule has 1 saturated heterocycles. The van der Waals surface area contributed by atoms with E-state index in [1.807, 2.05) is 12.1 Å². The van der Waals surface area contributed by atoms with Gasteiger partial charge in [-0.25, -0.2) is 0 Å². The Balaban J connectivity index is 1.31. The summed E-state index contributed by atoms with van der Waals surface area (Å²) in [6.07, 6.45) is 2.16. The maximum Gasteiger partial charge on any atom is 0.251 e. The Morgan fingerprint density at radius 1 is 0.917 bits per heavy atom. The number of carbonyl (C=O) groups is 2. The highest BCUT2D eigenvalue weighted by molar-refractivity contribution is 7.99. The maximum absolute atomic E-state index is 12.9. The van der Waals surface area contributed by atoms with Crippen molar-refractivity contribution in [2.75, 3.05) is 25.0 Å². The van der Waals surface area contributed by atoms with E-state index in [4.69, 9.17) is 0 Å². The standard InChI is InChI=1S/C30H35N3O2S/c1-21-4-8-25(9-5-21)20-33-16-14-24(15-17-33)19-31-30(35)26-10-13-29(28(18-26)32-23(3)34)36-27-11-6-22(2)7-12-27/h4-13,18,24H,14-17,19-20H2,1-3H3,(H,31,35)(H,32,34). The predicted octanol–water partition coefficient (Wildman–Crippen LogP) is 6.06. The summed E-state index contributed by atoms with van der Waals surface area (Å²) in [5.74, 6) is 0.223. The Morgan fingerprint density at radius 2 is 1.56 bits per heavy atom. The third-order valence-electron chi connectivity index (χ3n) is 6.59. The number of hydrogen-bond donors (Lipinski definition) is 2. The molecule has 188 valence electrons. The highest BCUT2D eigenvalue weighted by Gasteiger charge is 2.20. The minimum absolute atomic E-state index is 0.101. The number of hydrogen-bond acceptors (Lipinski definition) is 4. The van der Waals surface area contributed by atoms with Gasteiger partial charge < -0.3 is 10.6 Å². The molecule has 0 aromatic heterocycles. The molecule has 0 atom stereocenters. The Morgan fingerprint density at radius 3 is 2.19 bits per heavy atom. The average molecular weight is 502 g/mol. The lowest BCUT2D eigenvalue weighted by Gasteiger charge is -2.32. The van der Waals surface area contributed by atoms with Gasteiger partial charge in [-0.1, -0.05) is 59.3 Å². The number of likely N-dealkylation sites (tertiary alicyclic amines) is 1. The summed E-state index contributed by atoms with van der Waals surface area (Å²) in [5.41, 5.74) is 5.06. The van der Waals surface area contributed by atoms with Crippen LogP contribution in [-0.2, 0) is 11.3 Å². The number of piperidine rings is 1. The highest BCUT2D eigenvalue weighted by Crippen LogP contribution is 2.34. The quantitative estimate of drug-likeness (QED) is 0.394. The van der Waals surface area contributed by atoms with Crippen LogP contribution in [0, 0.1) is 19.8 Å². The van der Waals surface area contributed by atoms with E-state index in [9.17, 15) is 9.59 Å². The summed E-state index contributed by atoms with van der Waals surface area (Å²) in [7, 11) is 0. The van der Waals surface area contributed by atoms with E-state index in [0.29, 0.717) is 23.7 Å². The molecule has 2 N–H and O–H groups in total. The summed E-state index contributed by atoms with van der Waals surface area (Å²) in [4.78, 5) is 29.2. The average Bonchev–Trinajstić information content (AvgIpc) is 2.87. The molecule has 1 fully saturated rings. The number of anilines is 1. The maximum atomic E-state index is 12.9. The van der Waals surface area contributed by atoms with Crippen molar-refractivity contribution in [3.8, 4) is 0 Å². The Hall–Kier alpha value is -3.09. The number of carbonyl (C=O) groups excluding carboxylic acids is 2. The van der Waals surface area contributed by atoms with E-state index in [1.165, 1.54) is 23.6 Å². The topological polar surface area (TPSA) is 61.4 Å². The van der Waals surface area contributed by atoms with Crippen LogP contribution in [0.3, 0.4) is 0 Å². The Labute approximate surface area is 218 Å². The Bertz CT molecular complexity index is 1180. The van der Waals surface area contributed by atoms with Gasteiger partial charge in [-0.15, -0.1) is 0 Å². The van der Waals surface area contributed by atoms with Crippen LogP contribution in [0.2, 0.25) is 0 Å². The summed E-state index contributed by atoms with van der Waals surface area (Å²) in [5, 5.41) is 6.01. The minimum atomic E-state index is -0.157. The van der Waals surface area contributed by atoms with Gasteiger partial charge in [-0.05, 0) is 81.6 Å². The highest BCUT2D eigenvalue weighted by atomic mass is 32.2. The molecule has 5 nitrogen and oxygen atoms in total. The van der Waals surface area contributed by atoms with Gasteiger partial charge in [0, 0.05) is 35.4 Å². The fourth-order valence-corrected chi connectivity index (χ4v) is 5.30. The van der Waals surface area contributed by atoms with Crippen molar-refractivity contribution in [1.29, 1.82) is 0 Å². The van der Waals surface area contributed by atoms with Crippen molar-refractivity contribution in [1.82, 2.24) is 10.2 Å². The summed E-state index contributed by atoms with van der Waals surface area (Å²) in [6, 6.07) is 22.5. The number of nitrogens with zero attached hydrogens (tertiary/aromatic N) is 1. The number of nitrogens with one attached hydrogen (secondary N) is 2. The van der Waals surface area contributed by atoms with Crippen LogP contribution in [0.4, 0.5) is 5.69 Å². The van der Waals surface area contributed by atoms with Crippen LogP contribution in [-0.4, -0.2) is 36.3 Å². The molecule has 0 radical (unpaired) electrons. The van der Waals surface area contributed by atoms with Gasteiger partial charge in [-0.3, -0.25) is 14.5 Å². The van der Waals surface area contributed by atoms with Gasteiger partial charge in [0.15, 0.2) is 0 Å². The zero-order valence-electron chi connectivity index (χ0n) is 21.3. The van der Waals surface area contributed by atoms with Crippen molar-refractivity contribution in [2.45, 2.75) is 49.9 Å².